The SMILES string of the molecule is CSc1ccc(C=C(c2ccccc2)c2ccccc2)cc1. The fourth-order valence-electron chi connectivity index (χ4n) is 2.44. The standard InChI is InChI=1S/C21H18S/c1-22-20-14-12-17(13-15-20)16-21(18-8-4-2-5-9-18)19-10-6-3-7-11-19/h2-16H,1H3. The van der Waals surface area contributed by atoms with Crippen LogP contribution in [-0.2, 0) is 0 Å². The number of benzene rings is 3. The Hall–Kier alpha value is -2.25. The molecule has 0 aliphatic heterocycles. The molecule has 0 amide bonds. The highest BCUT2D eigenvalue weighted by molar-refractivity contribution is 7.98. The van der Waals surface area contributed by atoms with Gasteiger partial charge in [0.1, 0.15) is 0 Å². The summed E-state index contributed by atoms with van der Waals surface area (Å²) in [7, 11) is 0. The van der Waals surface area contributed by atoms with Gasteiger partial charge in [0.15, 0.2) is 0 Å². The van der Waals surface area contributed by atoms with E-state index in [-0.39, 0.29) is 0 Å². The van der Waals surface area contributed by atoms with Crippen LogP contribution in [0.4, 0.5) is 0 Å². The van der Waals surface area contributed by atoms with E-state index >= 15 is 0 Å². The van der Waals surface area contributed by atoms with Gasteiger partial charge in [-0.1, -0.05) is 72.8 Å². The lowest BCUT2D eigenvalue weighted by atomic mass is 9.96. The van der Waals surface area contributed by atoms with Crippen LogP contribution in [0, 0.1) is 0 Å². The highest BCUT2D eigenvalue weighted by Crippen LogP contribution is 2.26. The molecule has 1 heteroatoms. The van der Waals surface area contributed by atoms with Crippen molar-refractivity contribution in [1.29, 1.82) is 0 Å². The third-order valence-corrected chi connectivity index (χ3v) is 4.34. The van der Waals surface area contributed by atoms with Crippen LogP contribution in [0.1, 0.15) is 16.7 Å². The van der Waals surface area contributed by atoms with Crippen LogP contribution in [0.2, 0.25) is 0 Å². The minimum Gasteiger partial charge on any atom is -0.130 e. The average Bonchev–Trinajstić information content (AvgIpc) is 2.62. The first-order valence-corrected chi connectivity index (χ1v) is 8.56. The minimum atomic E-state index is 1.22. The molecule has 22 heavy (non-hydrogen) atoms. The second kappa shape index (κ2) is 7.15. The molecule has 0 heterocycles. The van der Waals surface area contributed by atoms with Gasteiger partial charge < -0.3 is 0 Å². The van der Waals surface area contributed by atoms with Crippen LogP contribution in [0.15, 0.2) is 89.8 Å². The largest absolute Gasteiger partial charge is 0.130 e. The van der Waals surface area contributed by atoms with Gasteiger partial charge in [0.05, 0.1) is 0 Å². The lowest BCUT2D eigenvalue weighted by Gasteiger charge is -2.09. The van der Waals surface area contributed by atoms with E-state index in [0.29, 0.717) is 0 Å². The molecule has 0 aliphatic carbocycles. The summed E-state index contributed by atoms with van der Waals surface area (Å²) in [5.74, 6) is 0. The Bertz CT molecular complexity index is 699. The van der Waals surface area contributed by atoms with Gasteiger partial charge in [-0.05, 0) is 46.7 Å². The second-order valence-electron chi connectivity index (χ2n) is 5.06. The Kier molecular flexibility index (Phi) is 4.77. The molecular formula is C21H18S. The molecule has 0 saturated heterocycles. The Morgan fingerprint density at radius 3 is 1.64 bits per heavy atom. The van der Waals surface area contributed by atoms with Crippen molar-refractivity contribution in [2.45, 2.75) is 4.90 Å². The number of hydrogen-bond donors (Lipinski definition) is 0. The third kappa shape index (κ3) is 3.49. The molecule has 0 aromatic heterocycles. The highest BCUT2D eigenvalue weighted by atomic mass is 32.2. The van der Waals surface area contributed by atoms with Gasteiger partial charge in [-0.3, -0.25) is 0 Å². The molecule has 0 nitrogen and oxygen atoms in total. The van der Waals surface area contributed by atoms with Gasteiger partial charge in [0.25, 0.3) is 0 Å². The predicted molar refractivity (Wildman–Crippen MR) is 98.1 cm³/mol. The maximum Gasteiger partial charge on any atom is 0.00695 e. The molecule has 0 bridgehead atoms. The summed E-state index contributed by atoms with van der Waals surface area (Å²) in [6.07, 6.45) is 4.36. The Morgan fingerprint density at radius 2 is 1.18 bits per heavy atom. The molecule has 3 aromatic rings. The fourth-order valence-corrected chi connectivity index (χ4v) is 2.84. The van der Waals surface area contributed by atoms with Gasteiger partial charge in [-0.25, -0.2) is 0 Å². The van der Waals surface area contributed by atoms with Gasteiger partial charge in [0.2, 0.25) is 0 Å². The van der Waals surface area contributed by atoms with E-state index < -0.39 is 0 Å². The van der Waals surface area contributed by atoms with Crippen molar-refractivity contribution in [3.05, 3.63) is 102 Å². The topological polar surface area (TPSA) is 0 Å². The number of rotatable bonds is 4. The van der Waals surface area contributed by atoms with Crippen molar-refractivity contribution < 1.29 is 0 Å². The van der Waals surface area contributed by atoms with E-state index in [1.54, 1.807) is 11.8 Å². The van der Waals surface area contributed by atoms with Gasteiger partial charge in [-0.15, -0.1) is 11.8 Å². The molecule has 0 unspecified atom stereocenters. The smallest absolute Gasteiger partial charge is 0.00695 e. The summed E-state index contributed by atoms with van der Waals surface area (Å²) in [4.78, 5) is 1.29. The zero-order valence-corrected chi connectivity index (χ0v) is 13.4. The zero-order valence-electron chi connectivity index (χ0n) is 12.6. The first kappa shape index (κ1) is 14.7. The number of hydrogen-bond acceptors (Lipinski definition) is 1. The summed E-state index contributed by atoms with van der Waals surface area (Å²) < 4.78 is 0. The quantitative estimate of drug-likeness (QED) is 0.421. The Morgan fingerprint density at radius 1 is 0.682 bits per heavy atom. The van der Waals surface area contributed by atoms with Crippen molar-refractivity contribution in [1.82, 2.24) is 0 Å². The van der Waals surface area contributed by atoms with Crippen molar-refractivity contribution in [2.24, 2.45) is 0 Å². The van der Waals surface area contributed by atoms with E-state index in [4.69, 9.17) is 0 Å². The van der Waals surface area contributed by atoms with E-state index in [1.165, 1.54) is 27.2 Å². The predicted octanol–water partition coefficient (Wildman–Crippen LogP) is 6.00. The van der Waals surface area contributed by atoms with Gasteiger partial charge in [-0.2, -0.15) is 0 Å². The van der Waals surface area contributed by atoms with Crippen molar-refractivity contribution in [3.63, 3.8) is 0 Å². The van der Waals surface area contributed by atoms with E-state index in [9.17, 15) is 0 Å². The van der Waals surface area contributed by atoms with Crippen LogP contribution < -0.4 is 0 Å². The molecule has 0 aliphatic rings. The summed E-state index contributed by atoms with van der Waals surface area (Å²) in [5.41, 5.74) is 4.95. The van der Waals surface area contributed by atoms with E-state index in [1.807, 2.05) is 0 Å². The molecule has 0 spiro atoms. The van der Waals surface area contributed by atoms with Crippen molar-refractivity contribution >= 4 is 23.4 Å². The maximum absolute atomic E-state index is 2.26. The molecule has 0 saturated carbocycles. The van der Waals surface area contributed by atoms with Crippen molar-refractivity contribution in [2.75, 3.05) is 6.26 Å². The summed E-state index contributed by atoms with van der Waals surface area (Å²) in [6.45, 7) is 0. The lowest BCUT2D eigenvalue weighted by Crippen LogP contribution is -1.88. The minimum absolute atomic E-state index is 1.22. The lowest BCUT2D eigenvalue weighted by molar-refractivity contribution is 1.45. The van der Waals surface area contributed by atoms with E-state index in [2.05, 4.69) is 97.3 Å². The molecule has 108 valence electrons. The van der Waals surface area contributed by atoms with Crippen LogP contribution >= 0.6 is 11.8 Å². The Balaban J connectivity index is 2.06. The normalized spacial score (nSPS) is 10.2. The van der Waals surface area contributed by atoms with Crippen LogP contribution in [0.3, 0.4) is 0 Å². The maximum atomic E-state index is 2.26. The van der Waals surface area contributed by atoms with Crippen LogP contribution in [0.25, 0.3) is 11.6 Å². The molecule has 0 N–H and O–H groups in total. The second-order valence-corrected chi connectivity index (χ2v) is 5.94. The molecule has 0 fully saturated rings. The summed E-state index contributed by atoms with van der Waals surface area (Å²) in [6, 6.07) is 29.8. The molecule has 0 atom stereocenters. The first-order chi connectivity index (χ1) is 10.9. The zero-order chi connectivity index (χ0) is 15.2. The molecule has 3 rings (SSSR count). The van der Waals surface area contributed by atoms with Crippen molar-refractivity contribution in [3.8, 4) is 0 Å². The molecular weight excluding hydrogens is 284 g/mol. The number of thioether (sulfide) groups is 1. The van der Waals surface area contributed by atoms with Gasteiger partial charge >= 0.3 is 0 Å². The Labute approximate surface area is 136 Å². The summed E-state index contributed by atoms with van der Waals surface area (Å²) >= 11 is 1.77. The van der Waals surface area contributed by atoms with Crippen LogP contribution in [-0.4, -0.2) is 6.26 Å². The first-order valence-electron chi connectivity index (χ1n) is 7.33. The van der Waals surface area contributed by atoms with E-state index in [0.717, 1.165) is 0 Å². The third-order valence-electron chi connectivity index (χ3n) is 3.60. The average molecular weight is 302 g/mol. The monoisotopic (exact) mass is 302 g/mol. The fraction of sp³-hybridized carbons (Fsp3) is 0.0476. The van der Waals surface area contributed by atoms with Gasteiger partial charge in [0, 0.05) is 4.90 Å². The summed E-state index contributed by atoms with van der Waals surface area (Å²) in [5, 5.41) is 0. The highest BCUT2D eigenvalue weighted by Gasteiger charge is 2.04. The van der Waals surface area contributed by atoms with Crippen LogP contribution in [0.5, 0.6) is 0 Å². The molecule has 0 radical (unpaired) electrons. The molecule has 3 aromatic carbocycles.